The van der Waals surface area contributed by atoms with Crippen molar-refractivity contribution in [3.05, 3.63) is 93.8 Å². The van der Waals surface area contributed by atoms with E-state index in [9.17, 15) is 14.0 Å². The summed E-state index contributed by atoms with van der Waals surface area (Å²) < 4.78 is 13.5. The summed E-state index contributed by atoms with van der Waals surface area (Å²) in [5, 5.41) is 2.50. The molecule has 1 aliphatic heterocycles. The number of benzene rings is 1. The van der Waals surface area contributed by atoms with Crippen LogP contribution in [-0.4, -0.2) is 34.4 Å². The van der Waals surface area contributed by atoms with Crippen LogP contribution in [0.5, 0.6) is 0 Å². The molecule has 1 N–H and O–H groups in total. The zero-order valence-corrected chi connectivity index (χ0v) is 18.0. The van der Waals surface area contributed by atoms with Crippen LogP contribution in [0.15, 0.2) is 53.8 Å². The van der Waals surface area contributed by atoms with Crippen LogP contribution in [0.4, 0.5) is 4.39 Å². The molecule has 3 aromatic rings. The number of carbonyl (C=O) groups is 2. The van der Waals surface area contributed by atoms with Crippen LogP contribution in [0, 0.1) is 12.7 Å². The highest BCUT2D eigenvalue weighted by Crippen LogP contribution is 2.24. The minimum Gasteiger partial charge on any atom is -0.355 e. The average Bonchev–Trinajstić information content (AvgIpc) is 3.21. The van der Waals surface area contributed by atoms with Gasteiger partial charge >= 0.3 is 0 Å². The number of ketones is 1. The lowest BCUT2D eigenvalue weighted by molar-refractivity contribution is -0.118. The van der Waals surface area contributed by atoms with Gasteiger partial charge in [-0.1, -0.05) is 6.07 Å². The lowest BCUT2D eigenvalue weighted by Gasteiger charge is -2.09. The number of Topliss-reactive ketones (excluding diaryl/α,β-unsaturated/α-hetero) is 1. The molecule has 2 aromatic heterocycles. The van der Waals surface area contributed by atoms with Gasteiger partial charge in [0.1, 0.15) is 11.6 Å². The van der Waals surface area contributed by atoms with Gasteiger partial charge in [-0.25, -0.2) is 4.39 Å². The Morgan fingerprint density at radius 1 is 1.12 bits per heavy atom. The Morgan fingerprint density at radius 3 is 2.75 bits per heavy atom. The van der Waals surface area contributed by atoms with Crippen LogP contribution < -0.4 is 5.32 Å². The van der Waals surface area contributed by atoms with Crippen LogP contribution >= 0.6 is 0 Å². The SMILES string of the molecule is CNC(=O)c1cc(F)ccc1CCC(=O)Cc1cc2c(cn1)C(c1ccnc(C)c1)=NC2. The molecule has 0 saturated heterocycles. The molecule has 0 saturated carbocycles. The molecular formula is C25H23FN4O2. The van der Waals surface area contributed by atoms with Crippen molar-refractivity contribution in [1.29, 1.82) is 0 Å². The van der Waals surface area contributed by atoms with Gasteiger partial charge in [0.05, 0.1) is 12.3 Å². The van der Waals surface area contributed by atoms with Crippen molar-refractivity contribution >= 4 is 17.4 Å². The predicted octanol–water partition coefficient (Wildman–Crippen LogP) is 3.38. The summed E-state index contributed by atoms with van der Waals surface area (Å²) in [6, 6.07) is 9.92. The summed E-state index contributed by atoms with van der Waals surface area (Å²) in [7, 11) is 1.49. The smallest absolute Gasteiger partial charge is 0.251 e. The largest absolute Gasteiger partial charge is 0.355 e. The van der Waals surface area contributed by atoms with E-state index in [0.717, 1.165) is 28.1 Å². The molecule has 0 unspecified atom stereocenters. The highest BCUT2D eigenvalue weighted by molar-refractivity contribution is 6.15. The molecule has 0 aliphatic carbocycles. The Balaban J connectivity index is 1.42. The number of amides is 1. The van der Waals surface area contributed by atoms with Gasteiger partial charge in [-0.05, 0) is 54.8 Å². The van der Waals surface area contributed by atoms with E-state index >= 15 is 0 Å². The van der Waals surface area contributed by atoms with Crippen molar-refractivity contribution in [2.24, 2.45) is 4.99 Å². The van der Waals surface area contributed by atoms with Gasteiger partial charge in [0, 0.05) is 60.4 Å². The molecule has 32 heavy (non-hydrogen) atoms. The predicted molar refractivity (Wildman–Crippen MR) is 119 cm³/mol. The Morgan fingerprint density at radius 2 is 1.97 bits per heavy atom. The van der Waals surface area contributed by atoms with Gasteiger partial charge in [-0.2, -0.15) is 0 Å². The highest BCUT2D eigenvalue weighted by Gasteiger charge is 2.20. The topological polar surface area (TPSA) is 84.3 Å². The van der Waals surface area contributed by atoms with Gasteiger partial charge in [0.15, 0.2) is 0 Å². The number of hydrogen-bond acceptors (Lipinski definition) is 5. The molecule has 4 rings (SSSR count). The van der Waals surface area contributed by atoms with Crippen LogP contribution in [0.3, 0.4) is 0 Å². The Hall–Kier alpha value is -3.74. The van der Waals surface area contributed by atoms with E-state index in [-0.39, 0.29) is 30.1 Å². The first kappa shape index (κ1) is 21.5. The fraction of sp³-hybridized carbons (Fsp3) is 0.240. The first-order chi connectivity index (χ1) is 15.4. The van der Waals surface area contributed by atoms with E-state index in [0.29, 0.717) is 24.2 Å². The van der Waals surface area contributed by atoms with Gasteiger partial charge in [0.25, 0.3) is 5.91 Å². The number of hydrogen-bond donors (Lipinski definition) is 1. The highest BCUT2D eigenvalue weighted by atomic mass is 19.1. The Bertz CT molecular complexity index is 1240. The summed E-state index contributed by atoms with van der Waals surface area (Å²) in [4.78, 5) is 37.9. The zero-order valence-electron chi connectivity index (χ0n) is 18.0. The third-order valence-electron chi connectivity index (χ3n) is 5.47. The van der Waals surface area contributed by atoms with Gasteiger partial charge < -0.3 is 5.32 Å². The lowest BCUT2D eigenvalue weighted by Crippen LogP contribution is -2.20. The van der Waals surface area contributed by atoms with E-state index in [1.807, 2.05) is 25.1 Å². The van der Waals surface area contributed by atoms with Crippen molar-refractivity contribution in [1.82, 2.24) is 15.3 Å². The summed E-state index contributed by atoms with van der Waals surface area (Å²) in [5.41, 5.74) is 6.46. The molecular weight excluding hydrogens is 407 g/mol. The zero-order chi connectivity index (χ0) is 22.7. The number of fused-ring (bicyclic) bond motifs is 1. The first-order valence-corrected chi connectivity index (χ1v) is 10.4. The third kappa shape index (κ3) is 4.61. The maximum absolute atomic E-state index is 13.5. The van der Waals surface area contributed by atoms with Gasteiger partial charge in [-0.3, -0.25) is 24.5 Å². The maximum atomic E-state index is 13.5. The fourth-order valence-corrected chi connectivity index (χ4v) is 3.85. The Labute approximate surface area is 185 Å². The number of aryl methyl sites for hydroxylation is 2. The monoisotopic (exact) mass is 430 g/mol. The molecule has 0 fully saturated rings. The second-order valence-electron chi connectivity index (χ2n) is 7.78. The molecule has 1 aliphatic rings. The van der Waals surface area contributed by atoms with Crippen molar-refractivity contribution in [2.45, 2.75) is 32.7 Å². The molecule has 0 radical (unpaired) electrons. The minimum absolute atomic E-state index is 0.00790. The van der Waals surface area contributed by atoms with E-state index < -0.39 is 5.82 Å². The lowest BCUT2D eigenvalue weighted by atomic mass is 9.98. The van der Waals surface area contributed by atoms with E-state index in [2.05, 4.69) is 20.3 Å². The second-order valence-corrected chi connectivity index (χ2v) is 7.78. The standard InChI is InChI=1S/C25H23FN4O2/c1-15-9-17(7-8-28-15)24-23-14-29-20(10-18(23)13-30-24)12-21(31)6-4-16-3-5-19(26)11-22(16)25(32)27-2/h3,5,7-11,14H,4,6,12-13H2,1-2H3,(H,27,32). The van der Waals surface area contributed by atoms with Crippen LogP contribution in [0.2, 0.25) is 0 Å². The number of nitrogens with one attached hydrogen (secondary N) is 1. The van der Waals surface area contributed by atoms with E-state index in [1.54, 1.807) is 18.5 Å². The molecule has 0 atom stereocenters. The Kier molecular flexibility index (Phi) is 6.16. The number of nitrogens with zero attached hydrogens (tertiary/aromatic N) is 3. The van der Waals surface area contributed by atoms with Crippen LogP contribution in [-0.2, 0) is 24.2 Å². The molecule has 6 nitrogen and oxygen atoms in total. The molecule has 1 amide bonds. The first-order valence-electron chi connectivity index (χ1n) is 10.4. The maximum Gasteiger partial charge on any atom is 0.251 e. The van der Waals surface area contributed by atoms with E-state index in [4.69, 9.17) is 0 Å². The van der Waals surface area contributed by atoms with Crippen molar-refractivity contribution in [3.8, 4) is 0 Å². The van der Waals surface area contributed by atoms with Crippen molar-refractivity contribution < 1.29 is 14.0 Å². The van der Waals surface area contributed by atoms with E-state index in [1.165, 1.54) is 19.2 Å². The summed E-state index contributed by atoms with van der Waals surface area (Å²) in [6.45, 7) is 2.50. The number of aromatic nitrogens is 2. The number of pyridine rings is 2. The average molecular weight is 430 g/mol. The third-order valence-corrected chi connectivity index (χ3v) is 5.47. The summed E-state index contributed by atoms with van der Waals surface area (Å²) in [5.74, 6) is -0.842. The van der Waals surface area contributed by atoms with Crippen molar-refractivity contribution in [3.63, 3.8) is 0 Å². The summed E-state index contributed by atoms with van der Waals surface area (Å²) in [6.07, 6.45) is 4.35. The number of rotatable bonds is 7. The van der Waals surface area contributed by atoms with Gasteiger partial charge in [0.2, 0.25) is 0 Å². The molecule has 7 heteroatoms. The summed E-state index contributed by atoms with van der Waals surface area (Å²) >= 11 is 0. The molecule has 162 valence electrons. The molecule has 3 heterocycles. The number of halogens is 1. The van der Waals surface area contributed by atoms with Gasteiger partial charge in [-0.15, -0.1) is 0 Å². The molecule has 0 bridgehead atoms. The normalized spacial score (nSPS) is 12.3. The molecule has 1 aromatic carbocycles. The van der Waals surface area contributed by atoms with Crippen LogP contribution in [0.25, 0.3) is 0 Å². The fourth-order valence-electron chi connectivity index (χ4n) is 3.85. The van der Waals surface area contributed by atoms with Crippen molar-refractivity contribution in [2.75, 3.05) is 7.05 Å². The number of aliphatic imine (C=N–C) groups is 1. The quantitative estimate of drug-likeness (QED) is 0.623. The number of carbonyl (C=O) groups excluding carboxylic acids is 2. The second kappa shape index (κ2) is 9.18. The minimum atomic E-state index is -0.482. The van der Waals surface area contributed by atoms with Crippen LogP contribution in [0.1, 0.15) is 50.4 Å². The molecule has 0 spiro atoms.